The van der Waals surface area contributed by atoms with Gasteiger partial charge in [0.1, 0.15) is 12.4 Å². The van der Waals surface area contributed by atoms with Gasteiger partial charge in [-0.15, -0.1) is 0 Å². The van der Waals surface area contributed by atoms with Gasteiger partial charge in [-0.2, -0.15) is 0 Å². The monoisotopic (exact) mass is 418 g/mol. The Morgan fingerprint density at radius 3 is 2.52 bits per heavy atom. The number of hydrogen-bond donors (Lipinski definition) is 1. The molecule has 6 nitrogen and oxygen atoms in total. The van der Waals surface area contributed by atoms with E-state index >= 15 is 0 Å². The molecule has 0 bridgehead atoms. The molecule has 162 valence electrons. The van der Waals surface area contributed by atoms with Gasteiger partial charge in [0.05, 0.1) is 17.4 Å². The Kier molecular flexibility index (Phi) is 6.47. The van der Waals surface area contributed by atoms with Gasteiger partial charge in [0.2, 0.25) is 5.91 Å². The summed E-state index contributed by atoms with van der Waals surface area (Å²) in [7, 11) is 0. The Labute approximate surface area is 182 Å². The number of para-hydroxylation sites is 2. The second kappa shape index (κ2) is 9.43. The fourth-order valence-electron chi connectivity index (χ4n) is 4.26. The molecule has 1 N–H and O–H groups in total. The minimum Gasteiger partial charge on any atom is -0.324 e. The van der Waals surface area contributed by atoms with Gasteiger partial charge < -0.3 is 5.32 Å². The van der Waals surface area contributed by atoms with E-state index in [0.29, 0.717) is 23.3 Å². The van der Waals surface area contributed by atoms with Gasteiger partial charge in [-0.3, -0.25) is 19.1 Å². The number of benzene rings is 2. The number of fused-ring (bicyclic) bond motifs is 1. The summed E-state index contributed by atoms with van der Waals surface area (Å²) < 4.78 is 1.55. The number of rotatable bonds is 6. The normalized spacial score (nSPS) is 14.8. The van der Waals surface area contributed by atoms with Crippen LogP contribution in [0.25, 0.3) is 10.9 Å². The molecule has 1 aliphatic rings. The molecule has 1 amide bonds. The third-order valence-electron chi connectivity index (χ3n) is 5.91. The van der Waals surface area contributed by atoms with Gasteiger partial charge in [0.25, 0.3) is 5.56 Å². The Hall–Kier alpha value is -2.99. The zero-order chi connectivity index (χ0) is 21.8. The van der Waals surface area contributed by atoms with Crippen molar-refractivity contribution in [1.82, 2.24) is 14.5 Å². The lowest BCUT2D eigenvalue weighted by Gasteiger charge is -2.27. The highest BCUT2D eigenvalue weighted by Gasteiger charge is 2.18. The first-order chi connectivity index (χ1) is 15.0. The summed E-state index contributed by atoms with van der Waals surface area (Å²) in [5.74, 6) is 0.723. The number of nitrogens with zero attached hydrogens (tertiary/aromatic N) is 3. The van der Waals surface area contributed by atoms with Crippen LogP contribution in [0.1, 0.15) is 50.4 Å². The number of anilines is 1. The zero-order valence-corrected chi connectivity index (χ0v) is 18.3. The summed E-state index contributed by atoms with van der Waals surface area (Å²) in [6, 6.07) is 15.2. The summed E-state index contributed by atoms with van der Waals surface area (Å²) >= 11 is 0. The molecule has 3 aromatic rings. The van der Waals surface area contributed by atoms with Crippen LogP contribution >= 0.6 is 0 Å². The predicted molar refractivity (Wildman–Crippen MR) is 124 cm³/mol. The lowest BCUT2D eigenvalue weighted by molar-refractivity contribution is -0.116. The van der Waals surface area contributed by atoms with Gasteiger partial charge in [0, 0.05) is 5.69 Å². The first-order valence-electron chi connectivity index (χ1n) is 11.1. The Bertz CT molecular complexity index is 1130. The third kappa shape index (κ3) is 4.85. The van der Waals surface area contributed by atoms with E-state index < -0.39 is 0 Å². The molecule has 6 heteroatoms. The molecule has 31 heavy (non-hydrogen) atoms. The number of aromatic nitrogens is 2. The van der Waals surface area contributed by atoms with Crippen molar-refractivity contribution < 1.29 is 4.79 Å². The van der Waals surface area contributed by atoms with Crippen molar-refractivity contribution in [3.05, 3.63) is 70.3 Å². The van der Waals surface area contributed by atoms with Gasteiger partial charge in [0.15, 0.2) is 0 Å². The molecular weight excluding hydrogens is 388 g/mol. The van der Waals surface area contributed by atoms with Gasteiger partial charge >= 0.3 is 0 Å². The molecule has 4 rings (SSSR count). The molecular formula is C25H30N4O2. The van der Waals surface area contributed by atoms with E-state index in [9.17, 15) is 9.59 Å². The first kappa shape index (κ1) is 21.2. The summed E-state index contributed by atoms with van der Waals surface area (Å²) in [6.45, 7) is 6.72. The maximum atomic E-state index is 13.3. The molecule has 0 saturated carbocycles. The standard InChI is InChI=1S/C25H30N4O2/c1-18(2)19-10-4-6-12-21(19)27-24(30)17-29-23(16-28-14-8-3-9-15-28)26-22-13-7-5-11-20(22)25(29)31/h4-7,10-13,18H,3,8-9,14-17H2,1-2H3,(H,27,30). The average molecular weight is 419 g/mol. The highest BCUT2D eigenvalue weighted by atomic mass is 16.2. The number of amides is 1. The van der Waals surface area contributed by atoms with Gasteiger partial charge in [-0.1, -0.05) is 50.6 Å². The van der Waals surface area contributed by atoms with Crippen LogP contribution in [0.15, 0.2) is 53.3 Å². The maximum absolute atomic E-state index is 13.3. The van der Waals surface area contributed by atoms with Crippen LogP contribution in [0.3, 0.4) is 0 Å². The highest BCUT2D eigenvalue weighted by molar-refractivity contribution is 5.91. The van der Waals surface area contributed by atoms with E-state index in [1.807, 2.05) is 42.5 Å². The second-order valence-electron chi connectivity index (χ2n) is 8.56. The topological polar surface area (TPSA) is 67.2 Å². The van der Waals surface area contributed by atoms with Crippen molar-refractivity contribution in [2.75, 3.05) is 18.4 Å². The number of carbonyl (C=O) groups excluding carboxylic acids is 1. The van der Waals surface area contributed by atoms with Crippen molar-refractivity contribution >= 4 is 22.5 Å². The van der Waals surface area contributed by atoms with E-state index in [1.54, 1.807) is 10.6 Å². The van der Waals surface area contributed by atoms with E-state index in [1.165, 1.54) is 6.42 Å². The number of nitrogens with one attached hydrogen (secondary N) is 1. The number of carbonyl (C=O) groups is 1. The third-order valence-corrected chi connectivity index (χ3v) is 5.91. The van der Waals surface area contributed by atoms with Crippen LogP contribution in [0.5, 0.6) is 0 Å². The lowest BCUT2D eigenvalue weighted by Crippen LogP contribution is -2.36. The van der Waals surface area contributed by atoms with E-state index in [-0.39, 0.29) is 23.9 Å². The van der Waals surface area contributed by atoms with Crippen molar-refractivity contribution in [2.45, 2.75) is 52.1 Å². The number of likely N-dealkylation sites (tertiary alicyclic amines) is 1. The van der Waals surface area contributed by atoms with Crippen LogP contribution in [0.4, 0.5) is 5.69 Å². The van der Waals surface area contributed by atoms with Crippen LogP contribution in [-0.2, 0) is 17.9 Å². The Morgan fingerprint density at radius 1 is 1.03 bits per heavy atom. The molecule has 0 spiro atoms. The van der Waals surface area contributed by atoms with E-state index in [4.69, 9.17) is 4.98 Å². The summed E-state index contributed by atoms with van der Waals surface area (Å²) in [6.07, 6.45) is 3.56. The molecule has 2 aromatic carbocycles. The van der Waals surface area contributed by atoms with Crippen LogP contribution in [0.2, 0.25) is 0 Å². The zero-order valence-electron chi connectivity index (χ0n) is 18.3. The smallest absolute Gasteiger partial charge is 0.261 e. The molecule has 0 atom stereocenters. The van der Waals surface area contributed by atoms with Gasteiger partial charge in [-0.25, -0.2) is 4.98 Å². The molecule has 1 aliphatic heterocycles. The lowest BCUT2D eigenvalue weighted by atomic mass is 10.0. The number of piperidine rings is 1. The minimum absolute atomic E-state index is 0.0493. The summed E-state index contributed by atoms with van der Waals surface area (Å²) in [5, 5.41) is 3.55. The number of hydrogen-bond acceptors (Lipinski definition) is 4. The molecule has 1 saturated heterocycles. The van der Waals surface area contributed by atoms with Crippen molar-refractivity contribution in [2.24, 2.45) is 0 Å². The van der Waals surface area contributed by atoms with Gasteiger partial charge in [-0.05, 0) is 55.6 Å². The molecule has 0 unspecified atom stereocenters. The maximum Gasteiger partial charge on any atom is 0.261 e. The predicted octanol–water partition coefficient (Wildman–Crippen LogP) is 4.14. The van der Waals surface area contributed by atoms with Crippen molar-refractivity contribution in [1.29, 1.82) is 0 Å². The first-order valence-corrected chi connectivity index (χ1v) is 11.1. The summed E-state index contributed by atoms with van der Waals surface area (Å²) in [4.78, 5) is 33.4. The molecule has 0 aliphatic carbocycles. The summed E-state index contributed by atoms with van der Waals surface area (Å²) in [5.41, 5.74) is 2.39. The average Bonchev–Trinajstić information content (AvgIpc) is 2.77. The Morgan fingerprint density at radius 2 is 1.74 bits per heavy atom. The molecule has 1 fully saturated rings. The van der Waals surface area contributed by atoms with E-state index in [2.05, 4.69) is 24.1 Å². The molecule has 0 radical (unpaired) electrons. The molecule has 1 aromatic heterocycles. The SMILES string of the molecule is CC(C)c1ccccc1NC(=O)Cn1c(CN2CCCCC2)nc2ccccc2c1=O. The van der Waals surface area contributed by atoms with Crippen LogP contribution in [-0.4, -0.2) is 33.4 Å². The van der Waals surface area contributed by atoms with E-state index in [0.717, 1.165) is 37.2 Å². The van der Waals surface area contributed by atoms with Crippen LogP contribution in [0, 0.1) is 0 Å². The fraction of sp³-hybridized carbons (Fsp3) is 0.400. The Balaban J connectivity index is 1.65. The largest absolute Gasteiger partial charge is 0.324 e. The van der Waals surface area contributed by atoms with Crippen molar-refractivity contribution in [3.8, 4) is 0 Å². The quantitative estimate of drug-likeness (QED) is 0.653. The molecule has 2 heterocycles. The second-order valence-corrected chi connectivity index (χ2v) is 8.56. The highest BCUT2D eigenvalue weighted by Crippen LogP contribution is 2.23. The van der Waals surface area contributed by atoms with Crippen molar-refractivity contribution in [3.63, 3.8) is 0 Å². The minimum atomic E-state index is -0.216. The fourth-order valence-corrected chi connectivity index (χ4v) is 4.26. The van der Waals surface area contributed by atoms with Crippen LogP contribution < -0.4 is 10.9 Å².